The summed E-state index contributed by atoms with van der Waals surface area (Å²) in [6.45, 7) is 3.44. The molecule has 0 aliphatic carbocycles. The van der Waals surface area contributed by atoms with E-state index in [0.717, 1.165) is 21.7 Å². The number of carbonyl (C=O) groups is 2. The number of aryl methyl sites for hydroxylation is 1. The van der Waals surface area contributed by atoms with Crippen molar-refractivity contribution in [1.82, 2.24) is 4.90 Å². The maximum absolute atomic E-state index is 12.6. The highest BCUT2D eigenvalue weighted by atomic mass is 32.2. The van der Waals surface area contributed by atoms with E-state index < -0.39 is 10.0 Å². The van der Waals surface area contributed by atoms with Gasteiger partial charge in [-0.1, -0.05) is 42.0 Å². The van der Waals surface area contributed by atoms with E-state index >= 15 is 0 Å². The summed E-state index contributed by atoms with van der Waals surface area (Å²) in [5, 5.41) is 0. The number of Topliss-reactive ketones (excluding diaryl/α,β-unsaturated/α-hetero) is 1. The summed E-state index contributed by atoms with van der Waals surface area (Å²) in [4.78, 5) is 25.7. The fourth-order valence-electron chi connectivity index (χ4n) is 2.58. The van der Waals surface area contributed by atoms with E-state index in [9.17, 15) is 18.0 Å². The molecule has 144 valence electrons. The lowest BCUT2D eigenvalue weighted by Gasteiger charge is -2.25. The van der Waals surface area contributed by atoms with Crippen molar-refractivity contribution in [1.29, 1.82) is 0 Å². The summed E-state index contributed by atoms with van der Waals surface area (Å²) in [6, 6.07) is 14.1. The second kappa shape index (κ2) is 8.35. The summed E-state index contributed by atoms with van der Waals surface area (Å²) in [5.41, 5.74) is 2.77. The number of amides is 1. The summed E-state index contributed by atoms with van der Waals surface area (Å²) < 4.78 is 25.5. The van der Waals surface area contributed by atoms with E-state index in [1.807, 2.05) is 31.2 Å². The molecule has 0 aromatic heterocycles. The first kappa shape index (κ1) is 20.6. The lowest BCUT2D eigenvalue weighted by molar-refractivity contribution is -0.128. The van der Waals surface area contributed by atoms with Crippen molar-refractivity contribution < 1.29 is 18.0 Å². The second-order valence-electron chi connectivity index (χ2n) is 6.61. The summed E-state index contributed by atoms with van der Waals surface area (Å²) >= 11 is 0. The average Bonchev–Trinajstić information content (AvgIpc) is 2.60. The highest BCUT2D eigenvalue weighted by Gasteiger charge is 2.23. The fourth-order valence-corrected chi connectivity index (χ4v) is 3.42. The van der Waals surface area contributed by atoms with Crippen LogP contribution in [0.2, 0.25) is 0 Å². The van der Waals surface area contributed by atoms with Crippen molar-refractivity contribution >= 4 is 27.4 Å². The first-order valence-corrected chi connectivity index (χ1v) is 10.3. The van der Waals surface area contributed by atoms with Gasteiger partial charge in [0.25, 0.3) is 0 Å². The molecule has 0 aliphatic heterocycles. The Balaban J connectivity index is 2.20. The predicted molar refractivity (Wildman–Crippen MR) is 106 cm³/mol. The van der Waals surface area contributed by atoms with E-state index in [-0.39, 0.29) is 18.2 Å². The monoisotopic (exact) mass is 388 g/mol. The molecule has 0 N–H and O–H groups in total. The Hall–Kier alpha value is -2.67. The molecule has 7 heteroatoms. The molecule has 0 fully saturated rings. The van der Waals surface area contributed by atoms with Gasteiger partial charge in [-0.15, -0.1) is 0 Å². The molecule has 2 aromatic rings. The number of benzene rings is 2. The Morgan fingerprint density at radius 1 is 1.04 bits per heavy atom. The molecule has 0 heterocycles. The van der Waals surface area contributed by atoms with Crippen molar-refractivity contribution in [3.63, 3.8) is 0 Å². The van der Waals surface area contributed by atoms with Gasteiger partial charge in [-0.2, -0.15) is 0 Å². The Labute approximate surface area is 160 Å². The number of nitrogens with zero attached hydrogens (tertiary/aromatic N) is 2. The van der Waals surface area contributed by atoms with Crippen molar-refractivity contribution in [2.75, 3.05) is 24.2 Å². The number of anilines is 1. The smallest absolute Gasteiger partial charge is 0.243 e. The minimum atomic E-state index is -3.69. The minimum absolute atomic E-state index is 0.173. The van der Waals surface area contributed by atoms with Crippen LogP contribution >= 0.6 is 0 Å². The Bertz CT molecular complexity index is 937. The molecule has 6 nitrogen and oxygen atoms in total. The van der Waals surface area contributed by atoms with Gasteiger partial charge in [0, 0.05) is 19.2 Å². The van der Waals surface area contributed by atoms with Gasteiger partial charge in [-0.3, -0.25) is 13.9 Å². The zero-order chi connectivity index (χ0) is 20.2. The zero-order valence-corrected chi connectivity index (χ0v) is 16.8. The maximum Gasteiger partial charge on any atom is 0.243 e. The Kier molecular flexibility index (Phi) is 6.38. The molecule has 0 spiro atoms. The number of likely N-dealkylation sites (N-methyl/N-ethyl adjacent to an activating group) is 1. The summed E-state index contributed by atoms with van der Waals surface area (Å²) in [6.07, 6.45) is 1.04. The molecule has 27 heavy (non-hydrogen) atoms. The van der Waals surface area contributed by atoms with Crippen LogP contribution in [-0.4, -0.2) is 44.9 Å². The SMILES string of the molecule is CC(=O)c1cccc(N(CC(=O)N(C)Cc2ccc(C)cc2)S(C)(=O)=O)c1. The molecule has 0 unspecified atom stereocenters. The van der Waals surface area contributed by atoms with Gasteiger partial charge in [0.2, 0.25) is 15.9 Å². The molecular weight excluding hydrogens is 364 g/mol. The Morgan fingerprint density at radius 3 is 2.22 bits per heavy atom. The average molecular weight is 388 g/mol. The molecule has 0 saturated heterocycles. The van der Waals surface area contributed by atoms with E-state index in [1.54, 1.807) is 25.2 Å². The van der Waals surface area contributed by atoms with Crippen LogP contribution < -0.4 is 4.31 Å². The van der Waals surface area contributed by atoms with Crippen LogP contribution in [0.25, 0.3) is 0 Å². The van der Waals surface area contributed by atoms with Gasteiger partial charge in [-0.25, -0.2) is 8.42 Å². The van der Waals surface area contributed by atoms with Gasteiger partial charge in [0.15, 0.2) is 5.78 Å². The third kappa shape index (κ3) is 5.65. The molecule has 0 atom stereocenters. The van der Waals surface area contributed by atoms with Gasteiger partial charge >= 0.3 is 0 Å². The van der Waals surface area contributed by atoms with Crippen LogP contribution in [0.5, 0.6) is 0 Å². The summed E-state index contributed by atoms with van der Waals surface area (Å²) in [7, 11) is -2.06. The van der Waals surface area contributed by atoms with E-state index in [4.69, 9.17) is 0 Å². The van der Waals surface area contributed by atoms with E-state index in [2.05, 4.69) is 0 Å². The number of hydrogen-bond acceptors (Lipinski definition) is 4. The first-order chi connectivity index (χ1) is 12.6. The van der Waals surface area contributed by atoms with E-state index in [1.165, 1.54) is 17.9 Å². The molecule has 0 aliphatic rings. The second-order valence-corrected chi connectivity index (χ2v) is 8.52. The molecular formula is C20H24N2O4S. The van der Waals surface area contributed by atoms with Crippen LogP contribution in [0.1, 0.15) is 28.4 Å². The minimum Gasteiger partial charge on any atom is -0.340 e. The van der Waals surface area contributed by atoms with Crippen LogP contribution in [0, 0.1) is 6.92 Å². The third-order valence-corrected chi connectivity index (χ3v) is 5.33. The lowest BCUT2D eigenvalue weighted by atomic mass is 10.1. The largest absolute Gasteiger partial charge is 0.340 e. The topological polar surface area (TPSA) is 74.8 Å². The van der Waals surface area contributed by atoms with Crippen LogP contribution in [0.4, 0.5) is 5.69 Å². The first-order valence-electron chi connectivity index (χ1n) is 8.46. The number of hydrogen-bond donors (Lipinski definition) is 0. The quantitative estimate of drug-likeness (QED) is 0.684. The molecule has 2 rings (SSSR count). The zero-order valence-electron chi connectivity index (χ0n) is 16.0. The highest BCUT2D eigenvalue weighted by Crippen LogP contribution is 2.20. The maximum atomic E-state index is 12.6. The van der Waals surface area contributed by atoms with Crippen molar-refractivity contribution in [3.8, 4) is 0 Å². The van der Waals surface area contributed by atoms with Gasteiger partial charge in [0.1, 0.15) is 6.54 Å². The Morgan fingerprint density at radius 2 is 1.67 bits per heavy atom. The number of rotatable bonds is 7. The van der Waals surface area contributed by atoms with Crippen molar-refractivity contribution in [2.24, 2.45) is 0 Å². The summed E-state index contributed by atoms with van der Waals surface area (Å²) in [5.74, 6) is -0.512. The predicted octanol–water partition coefficient (Wildman–Crippen LogP) is 2.62. The molecule has 0 bridgehead atoms. The standard InChI is InChI=1S/C20H24N2O4S/c1-15-8-10-17(11-9-15)13-21(3)20(24)14-22(27(4,25)26)19-7-5-6-18(12-19)16(2)23/h5-12H,13-14H2,1-4H3. The number of sulfonamides is 1. The van der Waals surface area contributed by atoms with Crippen molar-refractivity contribution in [2.45, 2.75) is 20.4 Å². The van der Waals surface area contributed by atoms with Gasteiger partial charge in [-0.05, 0) is 31.5 Å². The molecule has 0 saturated carbocycles. The highest BCUT2D eigenvalue weighted by molar-refractivity contribution is 7.92. The molecule has 1 amide bonds. The van der Waals surface area contributed by atoms with Crippen LogP contribution in [0.15, 0.2) is 48.5 Å². The molecule has 2 aromatic carbocycles. The van der Waals surface area contributed by atoms with Crippen LogP contribution in [-0.2, 0) is 21.4 Å². The van der Waals surface area contributed by atoms with Crippen molar-refractivity contribution in [3.05, 3.63) is 65.2 Å². The number of ketones is 1. The van der Waals surface area contributed by atoms with E-state index in [0.29, 0.717) is 17.8 Å². The normalized spacial score (nSPS) is 11.1. The lowest BCUT2D eigenvalue weighted by Crippen LogP contribution is -2.41. The number of carbonyl (C=O) groups excluding carboxylic acids is 2. The van der Waals surface area contributed by atoms with Gasteiger partial charge in [0.05, 0.1) is 11.9 Å². The van der Waals surface area contributed by atoms with Gasteiger partial charge < -0.3 is 4.90 Å². The van der Waals surface area contributed by atoms with Crippen LogP contribution in [0.3, 0.4) is 0 Å². The molecule has 0 radical (unpaired) electrons. The third-order valence-electron chi connectivity index (χ3n) is 4.19. The fraction of sp³-hybridized carbons (Fsp3) is 0.300.